The van der Waals surface area contributed by atoms with E-state index in [1.54, 1.807) is 19.2 Å². The van der Waals surface area contributed by atoms with E-state index in [1.807, 2.05) is 30.3 Å². The van der Waals surface area contributed by atoms with Crippen molar-refractivity contribution in [3.63, 3.8) is 0 Å². The lowest BCUT2D eigenvalue weighted by molar-refractivity contribution is 0.304. The molecule has 0 unspecified atom stereocenters. The summed E-state index contributed by atoms with van der Waals surface area (Å²) in [5, 5.41) is 1.65. The number of benzene rings is 2. The van der Waals surface area contributed by atoms with E-state index in [9.17, 15) is 4.79 Å². The lowest BCUT2D eigenvalue weighted by Gasteiger charge is -2.08. The average molecular weight is 459 g/mol. The number of hydrogen-bond acceptors (Lipinski definition) is 4. The first kappa shape index (κ1) is 21.4. The Labute approximate surface area is 180 Å². The Morgan fingerprint density at radius 3 is 2.28 bits per heavy atom. The van der Waals surface area contributed by atoms with Crippen molar-refractivity contribution < 1.29 is 13.9 Å². The number of fused-ring (bicyclic) bond motifs is 1. The SMILES string of the molecule is COc1ccc(-c2cc(=O)c3ccc(OCCCCCCCCBr)cc3o2)cc1. The van der Waals surface area contributed by atoms with Crippen molar-refractivity contribution in [2.24, 2.45) is 0 Å². The minimum atomic E-state index is -0.0629. The largest absolute Gasteiger partial charge is 0.497 e. The molecule has 0 saturated heterocycles. The first-order chi connectivity index (χ1) is 14.2. The van der Waals surface area contributed by atoms with Crippen LogP contribution in [0.5, 0.6) is 11.5 Å². The molecular weight excluding hydrogens is 432 g/mol. The zero-order chi connectivity index (χ0) is 20.5. The topological polar surface area (TPSA) is 48.7 Å². The minimum absolute atomic E-state index is 0.0629. The maximum Gasteiger partial charge on any atom is 0.193 e. The van der Waals surface area contributed by atoms with Crippen molar-refractivity contribution in [3.8, 4) is 22.8 Å². The lowest BCUT2D eigenvalue weighted by atomic mass is 10.1. The van der Waals surface area contributed by atoms with Gasteiger partial charge in [0.1, 0.15) is 22.8 Å². The molecule has 4 nitrogen and oxygen atoms in total. The van der Waals surface area contributed by atoms with E-state index in [4.69, 9.17) is 13.9 Å². The van der Waals surface area contributed by atoms with Gasteiger partial charge in [0, 0.05) is 23.0 Å². The molecule has 154 valence electrons. The second kappa shape index (κ2) is 11.1. The van der Waals surface area contributed by atoms with Crippen LogP contribution in [0.2, 0.25) is 0 Å². The van der Waals surface area contributed by atoms with E-state index in [0.717, 1.165) is 28.8 Å². The Morgan fingerprint density at radius 2 is 1.55 bits per heavy atom. The van der Waals surface area contributed by atoms with Gasteiger partial charge in [0.15, 0.2) is 5.43 Å². The van der Waals surface area contributed by atoms with E-state index in [-0.39, 0.29) is 5.43 Å². The molecule has 0 saturated carbocycles. The first-order valence-electron chi connectivity index (χ1n) is 10.1. The van der Waals surface area contributed by atoms with Gasteiger partial charge in [-0.1, -0.05) is 41.6 Å². The van der Waals surface area contributed by atoms with Crippen LogP contribution in [0, 0.1) is 0 Å². The van der Waals surface area contributed by atoms with Crippen LogP contribution in [0.4, 0.5) is 0 Å². The molecule has 0 fully saturated rings. The fourth-order valence-corrected chi connectivity index (χ4v) is 3.61. The van der Waals surface area contributed by atoms with Gasteiger partial charge in [-0.05, 0) is 49.2 Å². The fourth-order valence-electron chi connectivity index (χ4n) is 3.22. The van der Waals surface area contributed by atoms with Gasteiger partial charge in [0.05, 0.1) is 19.1 Å². The molecule has 0 spiro atoms. The molecular formula is C24H27BrO4. The molecule has 3 aromatic rings. The molecule has 1 heterocycles. The summed E-state index contributed by atoms with van der Waals surface area (Å²) in [5.74, 6) is 2.02. The molecule has 0 aliphatic heterocycles. The fraction of sp³-hybridized carbons (Fsp3) is 0.375. The van der Waals surface area contributed by atoms with Crippen molar-refractivity contribution in [3.05, 3.63) is 58.8 Å². The van der Waals surface area contributed by atoms with Crippen molar-refractivity contribution in [2.75, 3.05) is 19.0 Å². The average Bonchev–Trinajstić information content (AvgIpc) is 2.75. The van der Waals surface area contributed by atoms with Crippen LogP contribution in [-0.4, -0.2) is 19.0 Å². The molecule has 0 bridgehead atoms. The van der Waals surface area contributed by atoms with E-state index in [1.165, 1.54) is 38.2 Å². The van der Waals surface area contributed by atoms with Crippen LogP contribution in [0.25, 0.3) is 22.3 Å². The minimum Gasteiger partial charge on any atom is -0.497 e. The number of ether oxygens (including phenoxy) is 2. The standard InChI is InChI=1S/C24H27BrO4/c1-27-19-10-8-18(9-11-19)23-17-22(26)21-13-12-20(16-24(21)29-23)28-15-7-5-3-2-4-6-14-25/h8-13,16-17H,2-7,14-15H2,1H3. The summed E-state index contributed by atoms with van der Waals surface area (Å²) in [6.07, 6.45) is 7.26. The van der Waals surface area contributed by atoms with E-state index in [2.05, 4.69) is 15.9 Å². The number of unbranched alkanes of at least 4 members (excludes halogenated alkanes) is 5. The van der Waals surface area contributed by atoms with Crippen LogP contribution in [-0.2, 0) is 0 Å². The summed E-state index contributed by atoms with van der Waals surface area (Å²) in [5.41, 5.74) is 1.30. The van der Waals surface area contributed by atoms with E-state index in [0.29, 0.717) is 23.3 Å². The molecule has 0 aliphatic rings. The maximum atomic E-state index is 12.5. The van der Waals surface area contributed by atoms with Gasteiger partial charge in [0.2, 0.25) is 0 Å². The van der Waals surface area contributed by atoms with Gasteiger partial charge in [-0.2, -0.15) is 0 Å². The van der Waals surface area contributed by atoms with Crippen LogP contribution in [0.3, 0.4) is 0 Å². The zero-order valence-electron chi connectivity index (χ0n) is 16.8. The van der Waals surface area contributed by atoms with Crippen molar-refractivity contribution in [1.29, 1.82) is 0 Å². The predicted molar refractivity (Wildman–Crippen MR) is 121 cm³/mol. The van der Waals surface area contributed by atoms with Gasteiger partial charge in [-0.25, -0.2) is 0 Å². The van der Waals surface area contributed by atoms with Gasteiger partial charge < -0.3 is 13.9 Å². The zero-order valence-corrected chi connectivity index (χ0v) is 18.4. The number of rotatable bonds is 11. The normalized spacial score (nSPS) is 11.0. The molecule has 0 radical (unpaired) electrons. The predicted octanol–water partition coefficient (Wildman–Crippen LogP) is 6.58. The van der Waals surface area contributed by atoms with Crippen molar-refractivity contribution in [1.82, 2.24) is 0 Å². The van der Waals surface area contributed by atoms with Gasteiger partial charge in [-0.15, -0.1) is 0 Å². The van der Waals surface area contributed by atoms with Crippen LogP contribution in [0.1, 0.15) is 38.5 Å². The smallest absolute Gasteiger partial charge is 0.193 e. The Morgan fingerprint density at radius 1 is 0.862 bits per heavy atom. The highest BCUT2D eigenvalue weighted by molar-refractivity contribution is 9.09. The van der Waals surface area contributed by atoms with Crippen LogP contribution in [0.15, 0.2) is 57.7 Å². The highest BCUT2D eigenvalue weighted by Crippen LogP contribution is 2.26. The summed E-state index contributed by atoms with van der Waals surface area (Å²) >= 11 is 3.46. The Bertz CT molecular complexity index is 963. The molecule has 0 atom stereocenters. The Hall–Kier alpha value is -2.27. The third kappa shape index (κ3) is 6.10. The summed E-state index contributed by atoms with van der Waals surface area (Å²) in [6.45, 7) is 0.673. The van der Waals surface area contributed by atoms with Gasteiger partial charge in [0.25, 0.3) is 0 Å². The van der Waals surface area contributed by atoms with Gasteiger partial charge >= 0.3 is 0 Å². The lowest BCUT2D eigenvalue weighted by Crippen LogP contribution is -2.02. The summed E-state index contributed by atoms with van der Waals surface area (Å²) in [7, 11) is 1.62. The first-order valence-corrected chi connectivity index (χ1v) is 11.2. The summed E-state index contributed by atoms with van der Waals surface area (Å²) in [6, 6.07) is 14.4. The number of halogens is 1. The third-order valence-electron chi connectivity index (χ3n) is 4.87. The molecule has 1 aromatic heterocycles. The second-order valence-corrected chi connectivity index (χ2v) is 7.81. The monoisotopic (exact) mass is 458 g/mol. The van der Waals surface area contributed by atoms with Gasteiger partial charge in [-0.3, -0.25) is 4.79 Å². The Kier molecular flexibility index (Phi) is 8.17. The Balaban J connectivity index is 1.64. The van der Waals surface area contributed by atoms with E-state index >= 15 is 0 Å². The molecule has 2 aromatic carbocycles. The number of alkyl halides is 1. The molecule has 0 N–H and O–H groups in total. The molecule has 0 aliphatic carbocycles. The third-order valence-corrected chi connectivity index (χ3v) is 5.43. The summed E-state index contributed by atoms with van der Waals surface area (Å²) in [4.78, 5) is 12.5. The highest BCUT2D eigenvalue weighted by Gasteiger charge is 2.09. The van der Waals surface area contributed by atoms with E-state index < -0.39 is 0 Å². The number of hydrogen-bond donors (Lipinski definition) is 0. The second-order valence-electron chi connectivity index (χ2n) is 7.02. The maximum absolute atomic E-state index is 12.5. The molecule has 3 rings (SSSR count). The summed E-state index contributed by atoms with van der Waals surface area (Å²) < 4.78 is 17.1. The van der Waals surface area contributed by atoms with Crippen LogP contribution >= 0.6 is 15.9 Å². The quantitative estimate of drug-likeness (QED) is 0.240. The highest BCUT2D eigenvalue weighted by atomic mass is 79.9. The van der Waals surface area contributed by atoms with Crippen LogP contribution < -0.4 is 14.9 Å². The van der Waals surface area contributed by atoms with Crippen molar-refractivity contribution >= 4 is 26.9 Å². The molecule has 0 amide bonds. The molecule has 29 heavy (non-hydrogen) atoms. The number of methoxy groups -OCH3 is 1. The van der Waals surface area contributed by atoms with Crippen molar-refractivity contribution in [2.45, 2.75) is 38.5 Å². The molecule has 5 heteroatoms.